The first-order valence-corrected chi connectivity index (χ1v) is 12.6. The number of thiophene rings is 1. The molecule has 1 aliphatic rings. The van der Waals surface area contributed by atoms with Gasteiger partial charge in [-0.3, -0.25) is 4.79 Å². The molecule has 0 N–H and O–H groups in total. The average Bonchev–Trinajstić information content (AvgIpc) is 3.15. The molecule has 1 aromatic carbocycles. The summed E-state index contributed by atoms with van der Waals surface area (Å²) in [6.07, 6.45) is 6.12. The van der Waals surface area contributed by atoms with Gasteiger partial charge in [-0.15, -0.1) is 11.3 Å². The molecule has 0 atom stereocenters. The molecule has 5 heteroatoms. The normalized spacial score (nSPS) is 15.1. The van der Waals surface area contributed by atoms with Gasteiger partial charge in [0.15, 0.2) is 0 Å². The Balaban J connectivity index is 1.63. The second-order valence-corrected chi connectivity index (χ2v) is 10.1. The van der Waals surface area contributed by atoms with E-state index in [1.54, 1.807) is 11.3 Å². The van der Waals surface area contributed by atoms with E-state index in [1.807, 2.05) is 26.0 Å². The summed E-state index contributed by atoms with van der Waals surface area (Å²) < 4.78 is 5.84. The van der Waals surface area contributed by atoms with E-state index < -0.39 is 0 Å². The second-order valence-electron chi connectivity index (χ2n) is 9.03. The zero-order chi connectivity index (χ0) is 22.4. The smallest absolute Gasteiger partial charge is 0.264 e. The van der Waals surface area contributed by atoms with Crippen LogP contribution in [-0.2, 0) is 0 Å². The van der Waals surface area contributed by atoms with Crippen LogP contribution in [0.25, 0.3) is 10.4 Å². The van der Waals surface area contributed by atoms with Crippen molar-refractivity contribution >= 4 is 17.2 Å². The van der Waals surface area contributed by atoms with E-state index in [-0.39, 0.29) is 12.0 Å². The maximum absolute atomic E-state index is 13.3. The number of carbonyl (C=O) groups is 1. The van der Waals surface area contributed by atoms with E-state index >= 15 is 0 Å². The predicted octanol–water partition coefficient (Wildman–Crippen LogP) is 6.24. The molecule has 1 aromatic heterocycles. The molecular formula is C26H38N2O2S. The lowest BCUT2D eigenvalue weighted by molar-refractivity contribution is 0.0648. The van der Waals surface area contributed by atoms with Crippen LogP contribution in [0.1, 0.15) is 68.1 Å². The summed E-state index contributed by atoms with van der Waals surface area (Å²) >= 11 is 1.61. The fraction of sp³-hybridized carbons (Fsp3) is 0.577. The number of hydrogen-bond acceptors (Lipinski definition) is 4. The minimum Gasteiger partial charge on any atom is -0.491 e. The van der Waals surface area contributed by atoms with Gasteiger partial charge in [0.05, 0.1) is 11.0 Å². The SMILES string of the molecule is CCCCCN(C)C1CCN(C(=O)c2sc(-c3cccc(OC(C)C)c3)cc2C)CC1. The highest BCUT2D eigenvalue weighted by atomic mass is 32.1. The lowest BCUT2D eigenvalue weighted by atomic mass is 10.0. The van der Waals surface area contributed by atoms with Crippen LogP contribution in [0, 0.1) is 6.92 Å². The highest BCUT2D eigenvalue weighted by Crippen LogP contribution is 2.34. The predicted molar refractivity (Wildman–Crippen MR) is 131 cm³/mol. The molecule has 1 fully saturated rings. The number of piperidine rings is 1. The summed E-state index contributed by atoms with van der Waals surface area (Å²) in [5.41, 5.74) is 2.18. The zero-order valence-corrected chi connectivity index (χ0v) is 20.6. The van der Waals surface area contributed by atoms with Gasteiger partial charge in [-0.05, 0) is 83.0 Å². The van der Waals surface area contributed by atoms with Crippen LogP contribution in [-0.4, -0.2) is 54.5 Å². The number of likely N-dealkylation sites (tertiary alicyclic amines) is 1. The maximum atomic E-state index is 13.3. The zero-order valence-electron chi connectivity index (χ0n) is 19.8. The van der Waals surface area contributed by atoms with E-state index in [0.29, 0.717) is 6.04 Å². The van der Waals surface area contributed by atoms with Gasteiger partial charge < -0.3 is 14.5 Å². The standard InChI is InChI=1S/C26H38N2O2S/c1-6-7-8-14-27(5)22-12-15-28(16-13-22)26(29)25-20(4)17-24(31-25)21-10-9-11-23(18-21)30-19(2)3/h9-11,17-19,22H,6-8,12-16H2,1-5H3. The molecule has 0 spiro atoms. The lowest BCUT2D eigenvalue weighted by Gasteiger charge is -2.36. The third kappa shape index (κ3) is 6.33. The van der Waals surface area contributed by atoms with Crippen LogP contribution in [0.3, 0.4) is 0 Å². The summed E-state index contributed by atoms with van der Waals surface area (Å²) in [6.45, 7) is 11.2. The van der Waals surface area contributed by atoms with Crippen molar-refractivity contribution in [3.8, 4) is 16.2 Å². The number of nitrogens with zero attached hydrogens (tertiary/aromatic N) is 2. The molecule has 1 saturated heterocycles. The first kappa shape index (κ1) is 23.8. The molecule has 0 aliphatic carbocycles. The van der Waals surface area contributed by atoms with Gasteiger partial charge in [0, 0.05) is 24.0 Å². The van der Waals surface area contributed by atoms with E-state index in [4.69, 9.17) is 4.74 Å². The monoisotopic (exact) mass is 442 g/mol. The van der Waals surface area contributed by atoms with Crippen molar-refractivity contribution in [1.29, 1.82) is 0 Å². The maximum Gasteiger partial charge on any atom is 0.264 e. The fourth-order valence-corrected chi connectivity index (χ4v) is 5.42. The molecule has 4 nitrogen and oxygen atoms in total. The minimum absolute atomic E-state index is 0.145. The van der Waals surface area contributed by atoms with Crippen molar-refractivity contribution in [3.05, 3.63) is 40.8 Å². The van der Waals surface area contributed by atoms with Crippen molar-refractivity contribution in [2.24, 2.45) is 0 Å². The Labute approximate surface area is 192 Å². The van der Waals surface area contributed by atoms with E-state index in [9.17, 15) is 4.79 Å². The third-order valence-electron chi connectivity index (χ3n) is 6.09. The number of unbranched alkanes of at least 4 members (excludes halogenated alkanes) is 2. The van der Waals surface area contributed by atoms with E-state index in [0.717, 1.165) is 52.6 Å². The number of hydrogen-bond donors (Lipinski definition) is 0. The molecule has 1 aliphatic heterocycles. The van der Waals surface area contributed by atoms with Crippen LogP contribution in [0.15, 0.2) is 30.3 Å². The summed E-state index contributed by atoms with van der Waals surface area (Å²) in [5, 5.41) is 0. The number of amides is 1. The van der Waals surface area contributed by atoms with Crippen LogP contribution in [0.2, 0.25) is 0 Å². The van der Waals surface area contributed by atoms with Gasteiger partial charge >= 0.3 is 0 Å². The molecule has 0 radical (unpaired) electrons. The molecule has 1 amide bonds. The Morgan fingerprint density at radius 3 is 2.65 bits per heavy atom. The van der Waals surface area contributed by atoms with Gasteiger partial charge in [-0.1, -0.05) is 31.9 Å². The number of benzene rings is 1. The van der Waals surface area contributed by atoms with Crippen molar-refractivity contribution in [2.75, 3.05) is 26.7 Å². The molecule has 0 saturated carbocycles. The van der Waals surface area contributed by atoms with Gasteiger partial charge in [-0.25, -0.2) is 0 Å². The van der Waals surface area contributed by atoms with E-state index in [1.165, 1.54) is 25.8 Å². The van der Waals surface area contributed by atoms with Crippen LogP contribution in [0.5, 0.6) is 5.75 Å². The number of carbonyl (C=O) groups excluding carboxylic acids is 1. The van der Waals surface area contributed by atoms with Gasteiger partial charge in [-0.2, -0.15) is 0 Å². The first-order chi connectivity index (χ1) is 14.9. The molecule has 0 unspecified atom stereocenters. The Kier molecular flexibility index (Phi) is 8.56. The highest BCUT2D eigenvalue weighted by molar-refractivity contribution is 7.17. The first-order valence-electron chi connectivity index (χ1n) is 11.8. The molecule has 2 aromatic rings. The van der Waals surface area contributed by atoms with Gasteiger partial charge in [0.25, 0.3) is 5.91 Å². The van der Waals surface area contributed by atoms with Crippen molar-refractivity contribution < 1.29 is 9.53 Å². The summed E-state index contributed by atoms with van der Waals surface area (Å²) in [6, 6.07) is 10.9. The average molecular weight is 443 g/mol. The van der Waals surface area contributed by atoms with Crippen molar-refractivity contribution in [3.63, 3.8) is 0 Å². The second kappa shape index (κ2) is 11.1. The van der Waals surface area contributed by atoms with Crippen LogP contribution < -0.4 is 4.74 Å². The molecule has 31 heavy (non-hydrogen) atoms. The van der Waals surface area contributed by atoms with Crippen molar-refractivity contribution in [1.82, 2.24) is 9.80 Å². The molecular weight excluding hydrogens is 404 g/mol. The summed E-state index contributed by atoms with van der Waals surface area (Å²) in [7, 11) is 2.24. The number of rotatable bonds is 9. The Hall–Kier alpha value is -1.85. The summed E-state index contributed by atoms with van der Waals surface area (Å²) in [5.74, 6) is 1.06. The fourth-order valence-electron chi connectivity index (χ4n) is 4.28. The minimum atomic E-state index is 0.145. The molecule has 2 heterocycles. The van der Waals surface area contributed by atoms with Gasteiger partial charge in [0.2, 0.25) is 0 Å². The Morgan fingerprint density at radius 2 is 1.97 bits per heavy atom. The quantitative estimate of drug-likeness (QED) is 0.431. The number of aryl methyl sites for hydroxylation is 1. The van der Waals surface area contributed by atoms with Gasteiger partial charge in [0.1, 0.15) is 5.75 Å². The molecule has 170 valence electrons. The lowest BCUT2D eigenvalue weighted by Crippen LogP contribution is -2.45. The van der Waals surface area contributed by atoms with Crippen LogP contribution in [0.4, 0.5) is 0 Å². The Morgan fingerprint density at radius 1 is 1.23 bits per heavy atom. The van der Waals surface area contributed by atoms with Crippen molar-refractivity contribution in [2.45, 2.75) is 71.9 Å². The largest absolute Gasteiger partial charge is 0.491 e. The Bertz CT molecular complexity index is 853. The molecule has 3 rings (SSSR count). The highest BCUT2D eigenvalue weighted by Gasteiger charge is 2.27. The topological polar surface area (TPSA) is 32.8 Å². The third-order valence-corrected chi connectivity index (χ3v) is 7.37. The van der Waals surface area contributed by atoms with E-state index in [2.05, 4.69) is 48.9 Å². The van der Waals surface area contributed by atoms with Crippen LogP contribution >= 0.6 is 11.3 Å². The molecule has 0 bridgehead atoms. The number of ether oxygens (including phenoxy) is 1. The summed E-state index contributed by atoms with van der Waals surface area (Å²) in [4.78, 5) is 19.8.